The van der Waals surface area contributed by atoms with Crippen molar-refractivity contribution in [3.63, 3.8) is 0 Å². The molecule has 6 nitrogen and oxygen atoms in total. The fourth-order valence-electron chi connectivity index (χ4n) is 3.60. The largest absolute Gasteiger partial charge is 0.340 e. The predicted octanol–water partition coefficient (Wildman–Crippen LogP) is 3.83. The molecule has 0 bridgehead atoms. The molecule has 2 N–H and O–H groups in total. The zero-order chi connectivity index (χ0) is 18.7. The van der Waals surface area contributed by atoms with E-state index in [1.807, 2.05) is 30.3 Å². The first kappa shape index (κ1) is 17.2. The minimum Gasteiger partial charge on any atom is -0.313 e. The molecule has 1 amide bonds. The smallest absolute Gasteiger partial charge is 0.313 e. The standard InChI is InChI=1S/C20H19FN4O2/c21-16-10-8-15(9-11-16)20(12-4-5-13-20)18(26)23-24-19-22-17(25-27-19)14-6-2-1-3-7-14/h1-3,6-11H,4-5,12-13H2,(H,23,26)(H,22,24,25). The molecule has 0 aliphatic heterocycles. The number of nitrogens with one attached hydrogen (secondary N) is 2. The number of nitrogens with zero attached hydrogens (tertiary/aromatic N) is 2. The molecule has 0 unspecified atom stereocenters. The summed E-state index contributed by atoms with van der Waals surface area (Å²) in [5.74, 6) is -0.0720. The molecule has 0 spiro atoms. The summed E-state index contributed by atoms with van der Waals surface area (Å²) in [5.41, 5.74) is 6.34. The average Bonchev–Trinajstić information content (AvgIpc) is 3.38. The van der Waals surface area contributed by atoms with E-state index in [4.69, 9.17) is 4.52 Å². The maximum Gasteiger partial charge on any atom is 0.340 e. The minimum absolute atomic E-state index is 0.106. The van der Waals surface area contributed by atoms with E-state index >= 15 is 0 Å². The number of hydrogen-bond acceptors (Lipinski definition) is 5. The van der Waals surface area contributed by atoms with Crippen LogP contribution in [-0.2, 0) is 10.2 Å². The molecular formula is C20H19FN4O2. The van der Waals surface area contributed by atoms with Gasteiger partial charge in [0.05, 0.1) is 5.41 Å². The lowest BCUT2D eigenvalue weighted by atomic mass is 9.78. The molecule has 1 fully saturated rings. The van der Waals surface area contributed by atoms with E-state index < -0.39 is 5.41 Å². The predicted molar refractivity (Wildman–Crippen MR) is 98.0 cm³/mol. The first-order chi connectivity index (χ1) is 13.2. The van der Waals surface area contributed by atoms with Crippen LogP contribution in [-0.4, -0.2) is 16.0 Å². The number of benzene rings is 2. The fourth-order valence-corrected chi connectivity index (χ4v) is 3.60. The maximum absolute atomic E-state index is 13.3. The van der Waals surface area contributed by atoms with Crippen LogP contribution in [0.5, 0.6) is 0 Å². The molecule has 138 valence electrons. The third kappa shape index (κ3) is 3.40. The monoisotopic (exact) mass is 366 g/mol. The van der Waals surface area contributed by atoms with Gasteiger partial charge in [0.25, 0.3) is 0 Å². The van der Waals surface area contributed by atoms with Crippen LogP contribution < -0.4 is 10.9 Å². The number of rotatable bonds is 5. The summed E-state index contributed by atoms with van der Waals surface area (Å²) in [6.45, 7) is 0. The topological polar surface area (TPSA) is 80.0 Å². The molecule has 0 saturated heterocycles. The van der Waals surface area contributed by atoms with Gasteiger partial charge >= 0.3 is 6.01 Å². The van der Waals surface area contributed by atoms with Gasteiger partial charge in [-0.1, -0.05) is 60.5 Å². The Labute approximate surface area is 155 Å². The van der Waals surface area contributed by atoms with Crippen molar-refractivity contribution in [2.24, 2.45) is 0 Å². The van der Waals surface area contributed by atoms with Crippen molar-refractivity contribution >= 4 is 11.9 Å². The van der Waals surface area contributed by atoms with Gasteiger partial charge in [0.1, 0.15) is 5.82 Å². The van der Waals surface area contributed by atoms with Gasteiger partial charge in [-0.3, -0.25) is 10.2 Å². The maximum atomic E-state index is 13.3. The van der Waals surface area contributed by atoms with Crippen LogP contribution in [0.3, 0.4) is 0 Å². The lowest BCUT2D eigenvalue weighted by molar-refractivity contribution is -0.126. The summed E-state index contributed by atoms with van der Waals surface area (Å²) in [6.07, 6.45) is 3.32. The number of halogens is 1. The molecule has 0 radical (unpaired) electrons. The van der Waals surface area contributed by atoms with Crippen molar-refractivity contribution in [3.05, 3.63) is 66.0 Å². The van der Waals surface area contributed by atoms with Gasteiger partial charge in [-0.15, -0.1) is 0 Å². The van der Waals surface area contributed by atoms with Crippen LogP contribution in [0.4, 0.5) is 10.4 Å². The zero-order valence-corrected chi connectivity index (χ0v) is 14.6. The van der Waals surface area contributed by atoms with Gasteiger partial charge in [0, 0.05) is 5.56 Å². The van der Waals surface area contributed by atoms with Crippen LogP contribution in [0, 0.1) is 5.82 Å². The Kier molecular flexibility index (Phi) is 4.58. The summed E-state index contributed by atoms with van der Waals surface area (Å²) < 4.78 is 18.4. The highest BCUT2D eigenvalue weighted by Crippen LogP contribution is 2.41. The molecule has 27 heavy (non-hydrogen) atoms. The van der Waals surface area contributed by atoms with Gasteiger partial charge in [-0.05, 0) is 30.5 Å². The molecule has 1 aliphatic carbocycles. The van der Waals surface area contributed by atoms with Crippen LogP contribution in [0.2, 0.25) is 0 Å². The van der Waals surface area contributed by atoms with E-state index in [0.29, 0.717) is 18.7 Å². The highest BCUT2D eigenvalue weighted by molar-refractivity contribution is 5.89. The first-order valence-corrected chi connectivity index (χ1v) is 8.89. The molecule has 1 saturated carbocycles. The Balaban J connectivity index is 1.48. The summed E-state index contributed by atoms with van der Waals surface area (Å²) >= 11 is 0. The first-order valence-electron chi connectivity index (χ1n) is 8.89. The highest BCUT2D eigenvalue weighted by atomic mass is 19.1. The number of carbonyl (C=O) groups is 1. The summed E-state index contributed by atoms with van der Waals surface area (Å²) in [4.78, 5) is 17.2. The quantitative estimate of drug-likeness (QED) is 0.671. The third-order valence-electron chi connectivity index (χ3n) is 5.03. The Bertz CT molecular complexity index is 919. The Hall–Kier alpha value is -3.22. The average molecular weight is 366 g/mol. The Morgan fingerprint density at radius 2 is 1.74 bits per heavy atom. The molecule has 0 atom stereocenters. The highest BCUT2D eigenvalue weighted by Gasteiger charge is 2.42. The zero-order valence-electron chi connectivity index (χ0n) is 14.6. The van der Waals surface area contributed by atoms with Crippen molar-refractivity contribution in [2.45, 2.75) is 31.1 Å². The van der Waals surface area contributed by atoms with Gasteiger partial charge in [0.2, 0.25) is 11.7 Å². The van der Waals surface area contributed by atoms with Gasteiger partial charge in [-0.2, -0.15) is 4.98 Å². The van der Waals surface area contributed by atoms with Crippen LogP contribution in [0.25, 0.3) is 11.4 Å². The van der Waals surface area contributed by atoms with Crippen molar-refractivity contribution in [3.8, 4) is 11.4 Å². The number of aromatic nitrogens is 2. The molecule has 7 heteroatoms. The summed E-state index contributed by atoms with van der Waals surface area (Å²) in [6, 6.07) is 15.7. The van der Waals surface area contributed by atoms with E-state index in [1.165, 1.54) is 12.1 Å². The normalized spacial score (nSPS) is 15.4. The minimum atomic E-state index is -0.678. The van der Waals surface area contributed by atoms with E-state index in [9.17, 15) is 9.18 Å². The number of amides is 1. The van der Waals surface area contributed by atoms with E-state index in [0.717, 1.165) is 24.0 Å². The molecular weight excluding hydrogens is 347 g/mol. The number of carbonyl (C=O) groups excluding carboxylic acids is 1. The van der Waals surface area contributed by atoms with E-state index in [2.05, 4.69) is 21.0 Å². The fraction of sp³-hybridized carbons (Fsp3) is 0.250. The summed E-state index contributed by atoms with van der Waals surface area (Å²) in [5, 5.41) is 3.91. The van der Waals surface area contributed by atoms with Crippen molar-refractivity contribution in [1.29, 1.82) is 0 Å². The SMILES string of the molecule is O=C(NNc1nc(-c2ccccc2)no1)C1(c2ccc(F)cc2)CCCC1. The molecule has 1 aromatic heterocycles. The molecule has 1 heterocycles. The lowest BCUT2D eigenvalue weighted by Gasteiger charge is -2.28. The molecule has 4 rings (SSSR count). The van der Waals surface area contributed by atoms with E-state index in [1.54, 1.807) is 12.1 Å². The third-order valence-corrected chi connectivity index (χ3v) is 5.03. The number of hydrogen-bond donors (Lipinski definition) is 2. The van der Waals surface area contributed by atoms with Crippen molar-refractivity contribution in [2.75, 3.05) is 5.43 Å². The van der Waals surface area contributed by atoms with Crippen LogP contribution in [0.1, 0.15) is 31.2 Å². The lowest BCUT2D eigenvalue weighted by Crippen LogP contribution is -2.45. The van der Waals surface area contributed by atoms with Gasteiger partial charge in [-0.25, -0.2) is 9.82 Å². The van der Waals surface area contributed by atoms with Crippen LogP contribution >= 0.6 is 0 Å². The Morgan fingerprint density at radius 1 is 1.04 bits per heavy atom. The number of hydrazine groups is 1. The Morgan fingerprint density at radius 3 is 2.44 bits per heavy atom. The molecule has 1 aliphatic rings. The van der Waals surface area contributed by atoms with Gasteiger partial charge < -0.3 is 4.52 Å². The second-order valence-corrected chi connectivity index (χ2v) is 6.66. The molecule has 3 aromatic rings. The molecule has 2 aromatic carbocycles. The second-order valence-electron chi connectivity index (χ2n) is 6.66. The van der Waals surface area contributed by atoms with Crippen molar-refractivity contribution < 1.29 is 13.7 Å². The van der Waals surface area contributed by atoms with Crippen LogP contribution in [0.15, 0.2) is 59.1 Å². The van der Waals surface area contributed by atoms with Crippen molar-refractivity contribution in [1.82, 2.24) is 15.6 Å². The van der Waals surface area contributed by atoms with E-state index in [-0.39, 0.29) is 17.7 Å². The van der Waals surface area contributed by atoms with Gasteiger partial charge in [0.15, 0.2) is 0 Å². The number of anilines is 1. The summed E-state index contributed by atoms with van der Waals surface area (Å²) in [7, 11) is 0. The second kappa shape index (κ2) is 7.19.